The van der Waals surface area contributed by atoms with Gasteiger partial charge in [-0.2, -0.15) is 0 Å². The molecule has 2 rings (SSSR count). The maximum atomic E-state index is 12.6. The summed E-state index contributed by atoms with van der Waals surface area (Å²) in [4.78, 5) is 36.5. The van der Waals surface area contributed by atoms with Gasteiger partial charge in [-0.1, -0.05) is 0 Å². The molecule has 0 saturated carbocycles. The van der Waals surface area contributed by atoms with E-state index in [0.29, 0.717) is 5.56 Å². The summed E-state index contributed by atoms with van der Waals surface area (Å²) in [6.07, 6.45) is 4.86. The summed E-state index contributed by atoms with van der Waals surface area (Å²) in [5, 5.41) is 10.6. The minimum Gasteiger partial charge on any atom is -0.449 e. The van der Waals surface area contributed by atoms with Crippen molar-refractivity contribution in [2.75, 3.05) is 0 Å². The van der Waals surface area contributed by atoms with Crippen LogP contribution in [0.5, 0.6) is 0 Å². The lowest BCUT2D eigenvalue weighted by molar-refractivity contribution is -0.384. The summed E-state index contributed by atoms with van der Waals surface area (Å²) in [6.45, 7) is 5.60. The van der Waals surface area contributed by atoms with E-state index < -0.39 is 17.0 Å². The molecule has 1 amide bonds. The molecule has 0 N–H and O–H groups in total. The zero-order valence-corrected chi connectivity index (χ0v) is 15.3. The van der Waals surface area contributed by atoms with Crippen molar-refractivity contribution in [2.24, 2.45) is 0 Å². The van der Waals surface area contributed by atoms with Crippen LogP contribution in [0.25, 0.3) is 6.08 Å². The second-order valence-electron chi connectivity index (χ2n) is 6.64. The topological polar surface area (TPSA) is 89.8 Å². The van der Waals surface area contributed by atoms with E-state index in [4.69, 9.17) is 4.74 Å². The van der Waals surface area contributed by atoms with Gasteiger partial charge in [0, 0.05) is 30.3 Å². The molecule has 1 heterocycles. The van der Waals surface area contributed by atoms with Gasteiger partial charge in [0.2, 0.25) is 0 Å². The van der Waals surface area contributed by atoms with Gasteiger partial charge in [0.25, 0.3) is 11.6 Å². The Kier molecular flexibility index (Phi) is 6.49. The number of hydrogen-bond acceptors (Lipinski definition) is 5. The van der Waals surface area contributed by atoms with Gasteiger partial charge >= 0.3 is 5.97 Å². The number of carbonyl (C=O) groups excluding carboxylic acids is 2. The van der Waals surface area contributed by atoms with Gasteiger partial charge in [-0.3, -0.25) is 14.9 Å². The highest BCUT2D eigenvalue weighted by Gasteiger charge is 2.32. The molecule has 1 aliphatic rings. The fourth-order valence-electron chi connectivity index (χ4n) is 3.20. The van der Waals surface area contributed by atoms with Crippen molar-refractivity contribution >= 4 is 23.6 Å². The number of rotatable bonds is 5. The Bertz CT molecular complexity index is 688. The monoisotopic (exact) mass is 360 g/mol. The lowest BCUT2D eigenvalue weighted by Gasteiger charge is -2.40. The molecule has 0 spiro atoms. The largest absolute Gasteiger partial charge is 0.449 e. The first-order valence-electron chi connectivity index (χ1n) is 8.75. The number of esters is 1. The van der Waals surface area contributed by atoms with Crippen LogP contribution < -0.4 is 0 Å². The summed E-state index contributed by atoms with van der Waals surface area (Å²) in [6, 6.07) is 6.07. The molecule has 1 aromatic rings. The lowest BCUT2D eigenvalue weighted by atomic mass is 9.97. The van der Waals surface area contributed by atoms with Crippen molar-refractivity contribution in [1.82, 2.24) is 4.90 Å². The van der Waals surface area contributed by atoms with E-state index in [-0.39, 0.29) is 23.7 Å². The smallest absolute Gasteiger partial charge is 0.331 e. The average Bonchev–Trinajstić information content (AvgIpc) is 2.60. The zero-order chi connectivity index (χ0) is 19.3. The van der Waals surface area contributed by atoms with E-state index in [9.17, 15) is 19.7 Å². The number of nitro groups is 1. The molecule has 1 aromatic carbocycles. The number of non-ortho nitro benzene ring substituents is 1. The number of amides is 1. The van der Waals surface area contributed by atoms with Crippen LogP contribution in [0, 0.1) is 10.1 Å². The van der Waals surface area contributed by atoms with E-state index in [1.807, 2.05) is 18.7 Å². The SMILES string of the molecule is C[C@@H]1CCC[C@H](C)N1C(=O)[C@@H](C)OC(=O)/C=C/c1ccc([N+](=O)[O-])cc1. The number of likely N-dealkylation sites (tertiary alicyclic amines) is 1. The molecule has 0 bridgehead atoms. The van der Waals surface area contributed by atoms with Crippen molar-refractivity contribution in [1.29, 1.82) is 0 Å². The summed E-state index contributed by atoms with van der Waals surface area (Å²) < 4.78 is 5.22. The Morgan fingerprint density at radius 3 is 2.35 bits per heavy atom. The molecule has 1 fully saturated rings. The number of hydrogen-bond donors (Lipinski definition) is 0. The van der Waals surface area contributed by atoms with Crippen molar-refractivity contribution in [3.8, 4) is 0 Å². The highest BCUT2D eigenvalue weighted by molar-refractivity contribution is 5.90. The van der Waals surface area contributed by atoms with Gasteiger partial charge < -0.3 is 9.64 Å². The molecule has 140 valence electrons. The van der Waals surface area contributed by atoms with Crippen LogP contribution in [0.3, 0.4) is 0 Å². The Hall–Kier alpha value is -2.70. The van der Waals surface area contributed by atoms with Crippen LogP contribution in [0.2, 0.25) is 0 Å². The van der Waals surface area contributed by atoms with Crippen molar-refractivity contribution < 1.29 is 19.2 Å². The summed E-state index contributed by atoms with van der Waals surface area (Å²) in [7, 11) is 0. The zero-order valence-electron chi connectivity index (χ0n) is 15.3. The van der Waals surface area contributed by atoms with Gasteiger partial charge in [-0.15, -0.1) is 0 Å². The van der Waals surface area contributed by atoms with Crippen LogP contribution >= 0.6 is 0 Å². The van der Waals surface area contributed by atoms with Crippen LogP contribution in [0.1, 0.15) is 45.6 Å². The van der Waals surface area contributed by atoms with Crippen LogP contribution in [-0.4, -0.2) is 39.9 Å². The minimum absolute atomic E-state index is 0.0197. The summed E-state index contributed by atoms with van der Waals surface area (Å²) in [5.74, 6) is -0.802. The normalized spacial score (nSPS) is 21.4. The Balaban J connectivity index is 1.93. The van der Waals surface area contributed by atoms with Crippen LogP contribution in [0.15, 0.2) is 30.3 Å². The van der Waals surface area contributed by atoms with E-state index >= 15 is 0 Å². The number of benzene rings is 1. The number of nitro benzene ring substituents is 1. The Labute approximate surface area is 152 Å². The van der Waals surface area contributed by atoms with Crippen LogP contribution in [0.4, 0.5) is 5.69 Å². The number of piperidine rings is 1. The molecule has 26 heavy (non-hydrogen) atoms. The number of ether oxygens (including phenoxy) is 1. The highest BCUT2D eigenvalue weighted by atomic mass is 16.6. The predicted molar refractivity (Wildman–Crippen MR) is 97.3 cm³/mol. The Morgan fingerprint density at radius 2 is 1.81 bits per heavy atom. The molecule has 7 heteroatoms. The first kappa shape index (κ1) is 19.6. The number of carbonyl (C=O) groups is 2. The van der Waals surface area contributed by atoms with Gasteiger partial charge in [0.05, 0.1) is 4.92 Å². The molecule has 0 aromatic heterocycles. The third-order valence-corrected chi connectivity index (χ3v) is 4.60. The molecular weight excluding hydrogens is 336 g/mol. The molecule has 1 saturated heterocycles. The summed E-state index contributed by atoms with van der Waals surface area (Å²) in [5.41, 5.74) is 0.610. The molecular formula is C19H24N2O5. The third kappa shape index (κ3) is 4.91. The molecule has 0 radical (unpaired) electrons. The summed E-state index contributed by atoms with van der Waals surface area (Å²) >= 11 is 0. The Morgan fingerprint density at radius 1 is 1.23 bits per heavy atom. The molecule has 3 atom stereocenters. The molecule has 0 unspecified atom stereocenters. The number of nitrogens with zero attached hydrogens (tertiary/aromatic N) is 2. The maximum absolute atomic E-state index is 12.6. The third-order valence-electron chi connectivity index (χ3n) is 4.60. The second-order valence-corrected chi connectivity index (χ2v) is 6.64. The van der Waals surface area contributed by atoms with E-state index in [0.717, 1.165) is 19.3 Å². The van der Waals surface area contributed by atoms with E-state index in [2.05, 4.69) is 0 Å². The van der Waals surface area contributed by atoms with Crippen molar-refractivity contribution in [2.45, 2.75) is 58.2 Å². The second kappa shape index (κ2) is 8.60. The quantitative estimate of drug-likeness (QED) is 0.348. The fourth-order valence-corrected chi connectivity index (χ4v) is 3.20. The maximum Gasteiger partial charge on any atom is 0.331 e. The molecule has 1 aliphatic heterocycles. The van der Waals surface area contributed by atoms with Crippen molar-refractivity contribution in [3.05, 3.63) is 46.0 Å². The van der Waals surface area contributed by atoms with Gasteiger partial charge in [-0.05, 0) is 63.8 Å². The molecule has 7 nitrogen and oxygen atoms in total. The van der Waals surface area contributed by atoms with E-state index in [1.165, 1.54) is 36.4 Å². The lowest BCUT2D eigenvalue weighted by Crippen LogP contribution is -2.51. The first-order chi connectivity index (χ1) is 12.3. The highest BCUT2D eigenvalue weighted by Crippen LogP contribution is 2.23. The van der Waals surface area contributed by atoms with Crippen molar-refractivity contribution in [3.63, 3.8) is 0 Å². The van der Waals surface area contributed by atoms with Gasteiger partial charge in [0.1, 0.15) is 0 Å². The van der Waals surface area contributed by atoms with Gasteiger partial charge in [0.15, 0.2) is 6.10 Å². The predicted octanol–water partition coefficient (Wildman–Crippen LogP) is 3.33. The standard InChI is InChI=1S/C19H24N2O5/c1-13-5-4-6-14(2)20(13)19(23)15(3)26-18(22)12-9-16-7-10-17(11-8-16)21(24)25/h7-15H,4-6H2,1-3H3/b12-9+/t13-,14+,15-/m1/s1. The molecule has 0 aliphatic carbocycles. The van der Waals surface area contributed by atoms with E-state index in [1.54, 1.807) is 6.92 Å². The minimum atomic E-state index is -0.855. The van der Waals surface area contributed by atoms with Gasteiger partial charge in [-0.25, -0.2) is 4.79 Å². The van der Waals surface area contributed by atoms with Crippen LogP contribution in [-0.2, 0) is 14.3 Å². The first-order valence-corrected chi connectivity index (χ1v) is 8.75. The fraction of sp³-hybridized carbons (Fsp3) is 0.474. The average molecular weight is 360 g/mol.